The molecule has 0 bridgehead atoms. The number of amides is 2. The van der Waals surface area contributed by atoms with E-state index in [0.29, 0.717) is 13.1 Å². The molecule has 0 spiro atoms. The molecule has 1 rings (SSSR count). The molecule has 96 valence electrons. The lowest BCUT2D eigenvalue weighted by molar-refractivity contribution is -0.154. The van der Waals surface area contributed by atoms with Gasteiger partial charge in [0.05, 0.1) is 12.6 Å². The first-order valence-corrected chi connectivity index (χ1v) is 5.82. The van der Waals surface area contributed by atoms with Gasteiger partial charge >= 0.3 is 12.0 Å². The zero-order valence-electron chi connectivity index (χ0n) is 10.2. The van der Waals surface area contributed by atoms with E-state index in [2.05, 4.69) is 10.1 Å². The highest BCUT2D eigenvalue weighted by molar-refractivity contribution is 6.35. The minimum absolute atomic E-state index is 0.150. The van der Waals surface area contributed by atoms with Crippen molar-refractivity contribution in [2.75, 3.05) is 19.7 Å². The minimum atomic E-state index is -0.901. The van der Waals surface area contributed by atoms with Crippen LogP contribution in [0.4, 0.5) is 4.79 Å². The summed E-state index contributed by atoms with van der Waals surface area (Å²) in [6, 6.07) is -1.14. The fourth-order valence-corrected chi connectivity index (χ4v) is 1.64. The molecule has 17 heavy (non-hydrogen) atoms. The Morgan fingerprint density at radius 1 is 1.29 bits per heavy atom. The van der Waals surface area contributed by atoms with Crippen LogP contribution in [0.2, 0.25) is 0 Å². The Morgan fingerprint density at radius 2 is 1.88 bits per heavy atom. The van der Waals surface area contributed by atoms with Crippen LogP contribution >= 0.6 is 0 Å². The SMILES string of the molecule is CCOC(=O)C(=O)C(C)NC(=O)N1CCCC1. The Hall–Kier alpha value is -1.59. The number of carbonyl (C=O) groups excluding carboxylic acids is 3. The van der Waals surface area contributed by atoms with Gasteiger partial charge in [-0.1, -0.05) is 0 Å². The van der Waals surface area contributed by atoms with Crippen LogP contribution in [0, 0.1) is 0 Å². The molecule has 0 aromatic carbocycles. The number of nitrogens with one attached hydrogen (secondary N) is 1. The van der Waals surface area contributed by atoms with Crippen LogP contribution in [-0.2, 0) is 14.3 Å². The number of hydrogen-bond donors (Lipinski definition) is 1. The summed E-state index contributed by atoms with van der Waals surface area (Å²) in [5.41, 5.74) is 0. The van der Waals surface area contributed by atoms with Crippen LogP contribution in [0.3, 0.4) is 0 Å². The van der Waals surface area contributed by atoms with Crippen LogP contribution in [0.5, 0.6) is 0 Å². The van der Waals surface area contributed by atoms with E-state index in [-0.39, 0.29) is 12.6 Å². The van der Waals surface area contributed by atoms with Crippen LogP contribution < -0.4 is 5.32 Å². The van der Waals surface area contributed by atoms with Gasteiger partial charge in [-0.25, -0.2) is 9.59 Å². The van der Waals surface area contributed by atoms with Crippen molar-refractivity contribution in [3.63, 3.8) is 0 Å². The van der Waals surface area contributed by atoms with E-state index in [4.69, 9.17) is 0 Å². The first kappa shape index (κ1) is 13.5. The highest BCUT2D eigenvalue weighted by Crippen LogP contribution is 2.07. The smallest absolute Gasteiger partial charge is 0.376 e. The third kappa shape index (κ3) is 3.72. The van der Waals surface area contributed by atoms with Gasteiger partial charge in [0, 0.05) is 13.1 Å². The molecule has 1 atom stereocenters. The summed E-state index contributed by atoms with van der Waals surface area (Å²) >= 11 is 0. The predicted molar refractivity (Wildman–Crippen MR) is 60.4 cm³/mol. The molecule has 1 N–H and O–H groups in total. The molecule has 1 heterocycles. The van der Waals surface area contributed by atoms with Crippen molar-refractivity contribution in [3.05, 3.63) is 0 Å². The quantitative estimate of drug-likeness (QED) is 0.568. The van der Waals surface area contributed by atoms with Crippen molar-refractivity contribution in [1.82, 2.24) is 10.2 Å². The van der Waals surface area contributed by atoms with E-state index in [1.54, 1.807) is 11.8 Å². The lowest BCUT2D eigenvalue weighted by Crippen LogP contribution is -2.47. The molecule has 1 fully saturated rings. The highest BCUT2D eigenvalue weighted by atomic mass is 16.5. The molecule has 0 aromatic heterocycles. The van der Waals surface area contributed by atoms with Crippen LogP contribution in [0.25, 0.3) is 0 Å². The highest BCUT2D eigenvalue weighted by Gasteiger charge is 2.26. The summed E-state index contributed by atoms with van der Waals surface area (Å²) in [5, 5.41) is 2.50. The van der Waals surface area contributed by atoms with Crippen LogP contribution in [-0.4, -0.2) is 48.4 Å². The van der Waals surface area contributed by atoms with Crippen molar-refractivity contribution in [3.8, 4) is 0 Å². The lowest BCUT2D eigenvalue weighted by atomic mass is 10.2. The van der Waals surface area contributed by atoms with Crippen LogP contribution in [0.15, 0.2) is 0 Å². The number of rotatable bonds is 4. The normalized spacial score (nSPS) is 16.5. The first-order valence-electron chi connectivity index (χ1n) is 5.82. The average molecular weight is 242 g/mol. The fraction of sp³-hybridized carbons (Fsp3) is 0.727. The van der Waals surface area contributed by atoms with Gasteiger partial charge in [0.25, 0.3) is 5.78 Å². The van der Waals surface area contributed by atoms with E-state index in [1.165, 1.54) is 6.92 Å². The number of urea groups is 1. The number of ketones is 1. The Morgan fingerprint density at radius 3 is 2.41 bits per heavy atom. The zero-order valence-corrected chi connectivity index (χ0v) is 10.2. The third-order valence-corrected chi connectivity index (χ3v) is 2.60. The largest absolute Gasteiger partial charge is 0.460 e. The van der Waals surface area contributed by atoms with Crippen molar-refractivity contribution >= 4 is 17.8 Å². The monoisotopic (exact) mass is 242 g/mol. The molecule has 0 aromatic rings. The number of hydrogen-bond acceptors (Lipinski definition) is 4. The molecule has 0 saturated carbocycles. The molecule has 0 radical (unpaired) electrons. The Balaban J connectivity index is 2.42. The first-order chi connectivity index (χ1) is 8.06. The van der Waals surface area contributed by atoms with Crippen molar-refractivity contribution in [1.29, 1.82) is 0 Å². The van der Waals surface area contributed by atoms with Gasteiger partial charge in [0.2, 0.25) is 0 Å². The van der Waals surface area contributed by atoms with Crippen molar-refractivity contribution in [2.45, 2.75) is 32.7 Å². The fourth-order valence-electron chi connectivity index (χ4n) is 1.64. The predicted octanol–water partition coefficient (Wildman–Crippen LogP) is 0.312. The molecular weight excluding hydrogens is 224 g/mol. The van der Waals surface area contributed by atoms with Gasteiger partial charge in [-0.2, -0.15) is 0 Å². The summed E-state index contributed by atoms with van der Waals surface area (Å²) in [5.74, 6) is -1.62. The number of nitrogens with zero attached hydrogens (tertiary/aromatic N) is 1. The molecule has 0 aliphatic carbocycles. The summed E-state index contributed by atoms with van der Waals surface area (Å²) < 4.78 is 4.58. The Kier molecular flexibility index (Phi) is 4.93. The van der Waals surface area contributed by atoms with Gasteiger partial charge in [-0.15, -0.1) is 0 Å². The van der Waals surface area contributed by atoms with Gasteiger partial charge < -0.3 is 15.0 Å². The molecule has 1 saturated heterocycles. The number of esters is 1. The maximum absolute atomic E-state index is 11.7. The van der Waals surface area contributed by atoms with Crippen molar-refractivity contribution < 1.29 is 19.1 Å². The van der Waals surface area contributed by atoms with E-state index in [1.807, 2.05) is 0 Å². The van der Waals surface area contributed by atoms with E-state index in [0.717, 1.165) is 12.8 Å². The number of likely N-dealkylation sites (tertiary alicyclic amines) is 1. The van der Waals surface area contributed by atoms with Gasteiger partial charge in [0.1, 0.15) is 0 Å². The molecule has 6 heteroatoms. The van der Waals surface area contributed by atoms with Gasteiger partial charge in [-0.3, -0.25) is 4.79 Å². The second kappa shape index (κ2) is 6.22. The van der Waals surface area contributed by atoms with Crippen molar-refractivity contribution in [2.24, 2.45) is 0 Å². The Bertz CT molecular complexity index is 311. The van der Waals surface area contributed by atoms with Gasteiger partial charge in [-0.05, 0) is 26.7 Å². The van der Waals surface area contributed by atoms with E-state index < -0.39 is 17.8 Å². The lowest BCUT2D eigenvalue weighted by Gasteiger charge is -2.19. The van der Waals surface area contributed by atoms with Gasteiger partial charge in [0.15, 0.2) is 0 Å². The van der Waals surface area contributed by atoms with E-state index in [9.17, 15) is 14.4 Å². The minimum Gasteiger partial charge on any atom is -0.460 e. The molecular formula is C11H18N2O4. The molecule has 1 unspecified atom stereocenters. The number of carbonyl (C=O) groups is 3. The molecule has 6 nitrogen and oxygen atoms in total. The number of ether oxygens (including phenoxy) is 1. The standard InChI is InChI=1S/C11H18N2O4/c1-3-17-10(15)9(14)8(2)12-11(16)13-6-4-5-7-13/h8H,3-7H2,1-2H3,(H,12,16). The molecule has 2 amide bonds. The number of Topliss-reactive ketones (excluding diaryl/α,β-unsaturated/α-hetero) is 1. The summed E-state index contributed by atoms with van der Waals surface area (Å²) in [4.78, 5) is 35.9. The maximum atomic E-state index is 11.7. The summed E-state index contributed by atoms with van der Waals surface area (Å²) in [6.07, 6.45) is 1.96. The second-order valence-corrected chi connectivity index (χ2v) is 3.95. The summed E-state index contributed by atoms with van der Waals surface area (Å²) in [6.45, 7) is 4.65. The maximum Gasteiger partial charge on any atom is 0.376 e. The third-order valence-electron chi connectivity index (χ3n) is 2.60. The topological polar surface area (TPSA) is 75.7 Å². The average Bonchev–Trinajstić information content (AvgIpc) is 2.81. The molecule has 1 aliphatic heterocycles. The molecule has 1 aliphatic rings. The second-order valence-electron chi connectivity index (χ2n) is 3.95. The Labute approximate surface area is 100 Å². The van der Waals surface area contributed by atoms with Crippen LogP contribution in [0.1, 0.15) is 26.7 Å². The van der Waals surface area contributed by atoms with E-state index >= 15 is 0 Å². The zero-order chi connectivity index (χ0) is 12.8. The summed E-state index contributed by atoms with van der Waals surface area (Å²) in [7, 11) is 0.